The lowest BCUT2D eigenvalue weighted by Gasteiger charge is -2.32. The number of likely N-dealkylation sites (N-methyl/N-ethyl adjacent to an activating group) is 1. The van der Waals surface area contributed by atoms with Crippen molar-refractivity contribution in [2.24, 2.45) is 5.84 Å². The third-order valence-electron chi connectivity index (χ3n) is 3.32. The summed E-state index contributed by atoms with van der Waals surface area (Å²) in [5.41, 5.74) is 2.62. The van der Waals surface area contributed by atoms with Gasteiger partial charge in [0.05, 0.1) is 0 Å². The fourth-order valence-electron chi connectivity index (χ4n) is 1.35. The minimum atomic E-state index is 0.0409. The molecule has 0 spiro atoms. The molecule has 0 aromatic carbocycles. The van der Waals surface area contributed by atoms with Crippen LogP contribution in [0, 0.1) is 0 Å². The first-order valence-corrected chi connectivity index (χ1v) is 6.53. The van der Waals surface area contributed by atoms with Gasteiger partial charge < -0.3 is 15.6 Å². The highest BCUT2D eigenvalue weighted by atomic mass is 15.3. The molecule has 6 nitrogen and oxygen atoms in total. The molecule has 0 amide bonds. The molecule has 0 atom stereocenters. The van der Waals surface area contributed by atoms with Crippen LogP contribution in [0.4, 0.5) is 11.6 Å². The first-order valence-electron chi connectivity index (χ1n) is 6.53. The third-order valence-corrected chi connectivity index (χ3v) is 3.32. The van der Waals surface area contributed by atoms with Gasteiger partial charge in [-0.15, -0.1) is 0 Å². The Morgan fingerprint density at radius 2 is 1.84 bits per heavy atom. The second-order valence-corrected chi connectivity index (χ2v) is 5.86. The zero-order chi connectivity index (χ0) is 14.6. The van der Waals surface area contributed by atoms with Crippen molar-refractivity contribution in [3.8, 4) is 0 Å². The van der Waals surface area contributed by atoms with E-state index in [-0.39, 0.29) is 11.5 Å². The van der Waals surface area contributed by atoms with Crippen LogP contribution in [0.2, 0.25) is 0 Å². The van der Waals surface area contributed by atoms with Crippen LogP contribution in [-0.2, 0) is 0 Å². The van der Waals surface area contributed by atoms with Crippen LogP contribution < -0.4 is 16.6 Å². The van der Waals surface area contributed by atoms with Gasteiger partial charge in [0, 0.05) is 24.1 Å². The van der Waals surface area contributed by atoms with E-state index in [0.29, 0.717) is 5.82 Å². The molecule has 0 bridgehead atoms. The van der Waals surface area contributed by atoms with Gasteiger partial charge in [-0.2, -0.15) is 0 Å². The molecule has 1 rings (SSSR count). The molecule has 0 saturated heterocycles. The lowest BCUT2D eigenvalue weighted by atomic mass is 10.0. The third kappa shape index (κ3) is 4.33. The van der Waals surface area contributed by atoms with E-state index in [4.69, 9.17) is 5.84 Å². The van der Waals surface area contributed by atoms with Crippen LogP contribution in [0.5, 0.6) is 0 Å². The number of hydrogen-bond donors (Lipinski definition) is 3. The lowest BCUT2D eigenvalue weighted by molar-refractivity contribution is 0.210. The average molecular weight is 266 g/mol. The summed E-state index contributed by atoms with van der Waals surface area (Å²) in [5, 5.41) is 3.35. The molecule has 0 radical (unpaired) electrons. The smallest absolute Gasteiger partial charge is 0.145 e. The molecular formula is C13H26N6. The van der Waals surface area contributed by atoms with Crippen molar-refractivity contribution in [1.82, 2.24) is 14.9 Å². The van der Waals surface area contributed by atoms with Gasteiger partial charge in [-0.3, -0.25) is 0 Å². The van der Waals surface area contributed by atoms with Crippen molar-refractivity contribution in [3.05, 3.63) is 11.9 Å². The molecule has 0 aliphatic carbocycles. The summed E-state index contributed by atoms with van der Waals surface area (Å²) in [6, 6.07) is 1.82. The summed E-state index contributed by atoms with van der Waals surface area (Å²) in [6.07, 6.45) is 0. The molecule has 1 aromatic heterocycles. The minimum Gasteiger partial charge on any atom is -0.368 e. The number of nitrogens with one attached hydrogen (secondary N) is 2. The van der Waals surface area contributed by atoms with Crippen LogP contribution in [0.1, 0.15) is 39.4 Å². The number of nitrogen functional groups attached to an aromatic ring is 1. The quantitative estimate of drug-likeness (QED) is 0.536. The van der Waals surface area contributed by atoms with Crippen molar-refractivity contribution >= 4 is 11.6 Å². The Morgan fingerprint density at radius 1 is 1.26 bits per heavy atom. The lowest BCUT2D eigenvalue weighted by Crippen LogP contribution is -2.44. The maximum atomic E-state index is 5.44. The Labute approximate surface area is 115 Å². The molecule has 0 fully saturated rings. The maximum absolute atomic E-state index is 5.44. The topological polar surface area (TPSA) is 79.1 Å². The number of nitrogens with zero attached hydrogens (tertiary/aromatic N) is 3. The van der Waals surface area contributed by atoms with E-state index >= 15 is 0 Å². The molecular weight excluding hydrogens is 240 g/mol. The van der Waals surface area contributed by atoms with Gasteiger partial charge in [-0.25, -0.2) is 15.8 Å². The molecule has 1 aromatic rings. The van der Waals surface area contributed by atoms with Gasteiger partial charge in [0.1, 0.15) is 17.5 Å². The molecule has 0 aliphatic rings. The van der Waals surface area contributed by atoms with Crippen LogP contribution in [0.15, 0.2) is 6.07 Å². The monoisotopic (exact) mass is 266 g/mol. The SMILES string of the molecule is CC(C)c1nc(NN)cc(NCC(C)(C)N(C)C)n1. The Morgan fingerprint density at radius 3 is 2.32 bits per heavy atom. The van der Waals surface area contributed by atoms with Crippen molar-refractivity contribution in [1.29, 1.82) is 0 Å². The normalized spacial score (nSPS) is 12.1. The number of hydrazine groups is 1. The maximum Gasteiger partial charge on any atom is 0.145 e. The van der Waals surface area contributed by atoms with Gasteiger partial charge >= 0.3 is 0 Å². The molecule has 19 heavy (non-hydrogen) atoms. The number of aromatic nitrogens is 2. The molecule has 108 valence electrons. The Kier molecular flexibility index (Phi) is 5.08. The molecule has 0 unspecified atom stereocenters. The number of rotatable bonds is 6. The second-order valence-electron chi connectivity index (χ2n) is 5.86. The van der Waals surface area contributed by atoms with Crippen LogP contribution in [0.3, 0.4) is 0 Å². The van der Waals surface area contributed by atoms with E-state index in [9.17, 15) is 0 Å². The molecule has 4 N–H and O–H groups in total. The van der Waals surface area contributed by atoms with E-state index < -0.39 is 0 Å². The van der Waals surface area contributed by atoms with E-state index in [2.05, 4.69) is 67.4 Å². The van der Waals surface area contributed by atoms with Gasteiger partial charge in [0.15, 0.2) is 0 Å². The van der Waals surface area contributed by atoms with Crippen LogP contribution in [0.25, 0.3) is 0 Å². The molecule has 1 heterocycles. The van der Waals surface area contributed by atoms with Gasteiger partial charge in [-0.05, 0) is 27.9 Å². The summed E-state index contributed by atoms with van der Waals surface area (Å²) in [6.45, 7) is 9.25. The summed E-state index contributed by atoms with van der Waals surface area (Å²) in [4.78, 5) is 11.0. The van der Waals surface area contributed by atoms with E-state index in [1.165, 1.54) is 0 Å². The predicted molar refractivity (Wildman–Crippen MR) is 80.2 cm³/mol. The second kappa shape index (κ2) is 6.16. The highest BCUT2D eigenvalue weighted by molar-refractivity contribution is 5.47. The highest BCUT2D eigenvalue weighted by Gasteiger charge is 2.20. The summed E-state index contributed by atoms with van der Waals surface area (Å²) >= 11 is 0. The van der Waals surface area contributed by atoms with Gasteiger partial charge in [0.25, 0.3) is 0 Å². The van der Waals surface area contributed by atoms with Crippen LogP contribution >= 0.6 is 0 Å². The molecule has 0 aliphatic heterocycles. The highest BCUT2D eigenvalue weighted by Crippen LogP contribution is 2.18. The Bertz CT molecular complexity index is 414. The summed E-state index contributed by atoms with van der Waals surface area (Å²) in [5.74, 6) is 7.90. The number of hydrogen-bond acceptors (Lipinski definition) is 6. The minimum absolute atomic E-state index is 0.0409. The number of anilines is 2. The summed E-state index contributed by atoms with van der Waals surface area (Å²) < 4.78 is 0. The van der Waals surface area contributed by atoms with Gasteiger partial charge in [-0.1, -0.05) is 13.8 Å². The van der Waals surface area contributed by atoms with E-state index in [0.717, 1.165) is 18.2 Å². The standard InChI is InChI=1S/C13H26N6/c1-9(2)12-16-10(7-11(17-12)18-14)15-8-13(3,4)19(5)6/h7,9H,8,14H2,1-6H3,(H2,15,16,17,18). The fourth-order valence-corrected chi connectivity index (χ4v) is 1.35. The zero-order valence-corrected chi connectivity index (χ0v) is 12.8. The van der Waals surface area contributed by atoms with Crippen molar-refractivity contribution < 1.29 is 0 Å². The molecule has 6 heteroatoms. The Balaban J connectivity index is 2.86. The first kappa shape index (κ1) is 15.7. The average Bonchev–Trinajstić information content (AvgIpc) is 2.35. The van der Waals surface area contributed by atoms with E-state index in [1.54, 1.807) is 0 Å². The fraction of sp³-hybridized carbons (Fsp3) is 0.692. The predicted octanol–water partition coefficient (Wildman–Crippen LogP) is 1.64. The molecule has 0 saturated carbocycles. The zero-order valence-electron chi connectivity index (χ0n) is 12.8. The van der Waals surface area contributed by atoms with E-state index in [1.807, 2.05) is 6.07 Å². The number of nitrogens with two attached hydrogens (primary N) is 1. The van der Waals surface area contributed by atoms with Crippen molar-refractivity contribution in [2.75, 3.05) is 31.4 Å². The largest absolute Gasteiger partial charge is 0.368 e. The van der Waals surface area contributed by atoms with Crippen molar-refractivity contribution in [3.63, 3.8) is 0 Å². The summed E-state index contributed by atoms with van der Waals surface area (Å²) in [7, 11) is 4.13. The van der Waals surface area contributed by atoms with Gasteiger partial charge in [0.2, 0.25) is 0 Å². The first-order chi connectivity index (χ1) is 8.76. The van der Waals surface area contributed by atoms with Crippen LogP contribution in [-0.4, -0.2) is 41.0 Å². The Hall–Kier alpha value is -1.40. The van der Waals surface area contributed by atoms with Crippen molar-refractivity contribution in [2.45, 2.75) is 39.2 Å².